The number of nitrogens with zero attached hydrogens (tertiary/aromatic N) is 2. The van der Waals surface area contributed by atoms with Crippen molar-refractivity contribution in [2.75, 3.05) is 11.9 Å². The Morgan fingerprint density at radius 3 is 2.70 bits per heavy atom. The smallest absolute Gasteiger partial charge is 0.247 e. The molecule has 0 aliphatic rings. The summed E-state index contributed by atoms with van der Waals surface area (Å²) in [6, 6.07) is 6.17. The molecule has 0 unspecified atom stereocenters. The molecule has 0 aliphatic carbocycles. The normalized spacial score (nSPS) is 10.7. The summed E-state index contributed by atoms with van der Waals surface area (Å²) in [6.07, 6.45) is 7.87. The van der Waals surface area contributed by atoms with E-state index in [1.807, 2.05) is 6.07 Å². The van der Waals surface area contributed by atoms with Gasteiger partial charge in [0.1, 0.15) is 0 Å². The second-order valence-corrected chi connectivity index (χ2v) is 5.11. The molecule has 4 nitrogen and oxygen atoms in total. The first-order valence-electron chi connectivity index (χ1n) is 7.42. The van der Waals surface area contributed by atoms with Crippen LogP contribution in [0.4, 0.5) is 5.69 Å². The predicted octanol–water partition coefficient (Wildman–Crippen LogP) is 4.43. The van der Waals surface area contributed by atoms with Crippen molar-refractivity contribution in [3.05, 3.63) is 30.2 Å². The zero-order chi connectivity index (χ0) is 14.2. The number of aryl methyl sites for hydroxylation is 1. The van der Waals surface area contributed by atoms with Crippen molar-refractivity contribution in [1.82, 2.24) is 10.2 Å². The monoisotopic (exact) mass is 273 g/mol. The molecule has 0 saturated carbocycles. The van der Waals surface area contributed by atoms with Crippen LogP contribution in [-0.2, 0) is 0 Å². The Morgan fingerprint density at radius 2 is 2.00 bits per heavy atom. The number of hydrogen-bond acceptors (Lipinski definition) is 4. The SMILES string of the molecule is CCCCCCCNc1ccc(-c2nnco2)cc1C. The molecule has 4 heteroatoms. The lowest BCUT2D eigenvalue weighted by Crippen LogP contribution is -2.03. The summed E-state index contributed by atoms with van der Waals surface area (Å²) >= 11 is 0. The number of hydrogen-bond donors (Lipinski definition) is 1. The van der Waals surface area contributed by atoms with Gasteiger partial charge in [-0.2, -0.15) is 0 Å². The maximum Gasteiger partial charge on any atom is 0.247 e. The topological polar surface area (TPSA) is 51.0 Å². The molecule has 1 aromatic heterocycles. The van der Waals surface area contributed by atoms with Crippen LogP contribution in [0.25, 0.3) is 11.5 Å². The highest BCUT2D eigenvalue weighted by Crippen LogP contribution is 2.23. The second-order valence-electron chi connectivity index (χ2n) is 5.11. The standard InChI is InChI=1S/C16H23N3O/c1-3-4-5-6-7-10-17-15-9-8-14(11-13(15)2)16-19-18-12-20-16/h8-9,11-12,17H,3-7,10H2,1-2H3. The van der Waals surface area contributed by atoms with E-state index in [4.69, 9.17) is 4.42 Å². The summed E-state index contributed by atoms with van der Waals surface area (Å²) in [5.74, 6) is 0.569. The fourth-order valence-electron chi connectivity index (χ4n) is 2.25. The Labute approximate surface area is 120 Å². The van der Waals surface area contributed by atoms with Crippen LogP contribution in [0.15, 0.2) is 29.0 Å². The Hall–Kier alpha value is -1.84. The number of benzene rings is 1. The summed E-state index contributed by atoms with van der Waals surface area (Å²) in [6.45, 7) is 5.37. The molecule has 1 N–H and O–H groups in total. The highest BCUT2D eigenvalue weighted by Gasteiger charge is 2.05. The third-order valence-corrected chi connectivity index (χ3v) is 3.43. The largest absolute Gasteiger partial charge is 0.423 e. The van der Waals surface area contributed by atoms with Crippen LogP contribution >= 0.6 is 0 Å². The van der Waals surface area contributed by atoms with Crippen LogP contribution < -0.4 is 5.32 Å². The van der Waals surface area contributed by atoms with Crippen molar-refractivity contribution in [2.45, 2.75) is 46.0 Å². The van der Waals surface area contributed by atoms with E-state index in [1.54, 1.807) is 0 Å². The first-order valence-corrected chi connectivity index (χ1v) is 7.42. The summed E-state index contributed by atoms with van der Waals surface area (Å²) in [7, 11) is 0. The van der Waals surface area contributed by atoms with Crippen LogP contribution in [-0.4, -0.2) is 16.7 Å². The first kappa shape index (κ1) is 14.6. The van der Waals surface area contributed by atoms with E-state index >= 15 is 0 Å². The zero-order valence-electron chi connectivity index (χ0n) is 12.4. The number of aromatic nitrogens is 2. The highest BCUT2D eigenvalue weighted by molar-refractivity contribution is 5.62. The molecule has 0 aliphatic heterocycles. The second kappa shape index (κ2) is 7.68. The summed E-state index contributed by atoms with van der Waals surface area (Å²) < 4.78 is 5.21. The molecule has 0 amide bonds. The molecular weight excluding hydrogens is 250 g/mol. The van der Waals surface area contributed by atoms with E-state index in [1.165, 1.54) is 49.7 Å². The van der Waals surface area contributed by atoms with Crippen LogP contribution in [0.5, 0.6) is 0 Å². The van der Waals surface area contributed by atoms with E-state index in [0.717, 1.165) is 12.1 Å². The summed E-state index contributed by atoms with van der Waals surface area (Å²) in [4.78, 5) is 0. The van der Waals surface area contributed by atoms with Gasteiger partial charge in [0.05, 0.1) is 0 Å². The molecule has 2 aromatic rings. The number of rotatable bonds is 8. The number of nitrogens with one attached hydrogen (secondary N) is 1. The quantitative estimate of drug-likeness (QED) is 0.723. The average molecular weight is 273 g/mol. The van der Waals surface area contributed by atoms with E-state index in [0.29, 0.717) is 5.89 Å². The molecule has 2 rings (SSSR count). The van der Waals surface area contributed by atoms with Crippen LogP contribution in [0.1, 0.15) is 44.6 Å². The molecule has 20 heavy (non-hydrogen) atoms. The number of unbranched alkanes of at least 4 members (excludes halogenated alkanes) is 4. The molecule has 0 bridgehead atoms. The van der Waals surface area contributed by atoms with Gasteiger partial charge in [0.15, 0.2) is 0 Å². The predicted molar refractivity (Wildman–Crippen MR) is 81.7 cm³/mol. The summed E-state index contributed by atoms with van der Waals surface area (Å²) in [5, 5.41) is 11.1. The Bertz CT molecular complexity index is 508. The lowest BCUT2D eigenvalue weighted by Gasteiger charge is -2.10. The number of anilines is 1. The lowest BCUT2D eigenvalue weighted by molar-refractivity contribution is 0.568. The van der Waals surface area contributed by atoms with Crippen LogP contribution in [0.2, 0.25) is 0 Å². The minimum Gasteiger partial charge on any atom is -0.423 e. The van der Waals surface area contributed by atoms with Crippen LogP contribution in [0, 0.1) is 6.92 Å². The molecule has 0 fully saturated rings. The van der Waals surface area contributed by atoms with E-state index in [9.17, 15) is 0 Å². The average Bonchev–Trinajstić information content (AvgIpc) is 2.98. The van der Waals surface area contributed by atoms with E-state index in [-0.39, 0.29) is 0 Å². The minimum atomic E-state index is 0.569. The summed E-state index contributed by atoms with van der Waals surface area (Å²) in [5.41, 5.74) is 3.35. The van der Waals surface area contributed by atoms with Gasteiger partial charge < -0.3 is 9.73 Å². The minimum absolute atomic E-state index is 0.569. The lowest BCUT2D eigenvalue weighted by atomic mass is 10.1. The van der Waals surface area contributed by atoms with Crippen LogP contribution in [0.3, 0.4) is 0 Å². The van der Waals surface area contributed by atoms with Gasteiger partial charge in [-0.15, -0.1) is 10.2 Å². The molecule has 0 spiro atoms. The van der Waals surface area contributed by atoms with Crippen molar-refractivity contribution in [3.63, 3.8) is 0 Å². The Morgan fingerprint density at radius 1 is 1.15 bits per heavy atom. The van der Waals surface area contributed by atoms with Crippen molar-refractivity contribution in [1.29, 1.82) is 0 Å². The van der Waals surface area contributed by atoms with Gasteiger partial charge in [-0.25, -0.2) is 0 Å². The van der Waals surface area contributed by atoms with Gasteiger partial charge in [0.2, 0.25) is 12.3 Å². The van der Waals surface area contributed by atoms with Crippen molar-refractivity contribution in [2.24, 2.45) is 0 Å². The first-order chi connectivity index (χ1) is 9.81. The van der Waals surface area contributed by atoms with Crippen molar-refractivity contribution < 1.29 is 4.42 Å². The molecule has 1 aromatic carbocycles. The molecule has 0 radical (unpaired) electrons. The van der Waals surface area contributed by atoms with E-state index < -0.39 is 0 Å². The Kier molecular flexibility index (Phi) is 5.59. The fraction of sp³-hybridized carbons (Fsp3) is 0.500. The third kappa shape index (κ3) is 4.08. The highest BCUT2D eigenvalue weighted by atomic mass is 16.4. The zero-order valence-corrected chi connectivity index (χ0v) is 12.4. The third-order valence-electron chi connectivity index (χ3n) is 3.43. The van der Waals surface area contributed by atoms with Gasteiger partial charge in [-0.3, -0.25) is 0 Å². The van der Waals surface area contributed by atoms with Crippen molar-refractivity contribution in [3.8, 4) is 11.5 Å². The maximum absolute atomic E-state index is 5.21. The van der Waals surface area contributed by atoms with Crippen molar-refractivity contribution >= 4 is 5.69 Å². The Balaban J connectivity index is 1.84. The maximum atomic E-state index is 5.21. The van der Waals surface area contributed by atoms with Gasteiger partial charge in [0.25, 0.3) is 0 Å². The molecule has 0 atom stereocenters. The molecular formula is C16H23N3O. The van der Waals surface area contributed by atoms with Gasteiger partial charge in [0, 0.05) is 17.8 Å². The van der Waals surface area contributed by atoms with Gasteiger partial charge >= 0.3 is 0 Å². The fourth-order valence-corrected chi connectivity index (χ4v) is 2.25. The van der Waals surface area contributed by atoms with Gasteiger partial charge in [-0.05, 0) is 37.1 Å². The molecule has 108 valence electrons. The molecule has 1 heterocycles. The molecule has 0 saturated heterocycles. The van der Waals surface area contributed by atoms with E-state index in [2.05, 4.69) is 41.5 Å². The van der Waals surface area contributed by atoms with Gasteiger partial charge in [-0.1, -0.05) is 32.6 Å².